The summed E-state index contributed by atoms with van der Waals surface area (Å²) in [6.45, 7) is 3.22. The number of fused-ring (bicyclic) bond motifs is 1. The molecule has 30 heavy (non-hydrogen) atoms. The normalized spacial score (nSPS) is 17.1. The van der Waals surface area contributed by atoms with Crippen molar-refractivity contribution in [3.8, 4) is 0 Å². The van der Waals surface area contributed by atoms with Crippen LogP contribution in [0.2, 0.25) is 0 Å². The second kappa shape index (κ2) is 8.52. The lowest BCUT2D eigenvalue weighted by Gasteiger charge is -2.33. The Morgan fingerprint density at radius 3 is 2.87 bits per heavy atom. The Labute approximate surface area is 174 Å². The fraction of sp³-hybridized carbons (Fsp3) is 0.217. The molecule has 0 spiro atoms. The number of pyridine rings is 2. The van der Waals surface area contributed by atoms with E-state index in [9.17, 15) is 0 Å². The third kappa shape index (κ3) is 4.12. The molecule has 7 nitrogen and oxygen atoms in total. The van der Waals surface area contributed by atoms with Crippen LogP contribution < -0.4 is 5.32 Å². The molecule has 0 radical (unpaired) electrons. The molecule has 4 aromatic rings. The smallest absolute Gasteiger partial charge is 0.150 e. The highest BCUT2D eigenvalue weighted by molar-refractivity contribution is 5.81. The van der Waals surface area contributed by atoms with E-state index in [1.807, 2.05) is 30.5 Å². The van der Waals surface area contributed by atoms with Crippen molar-refractivity contribution in [1.82, 2.24) is 24.8 Å². The van der Waals surface area contributed by atoms with E-state index >= 15 is 0 Å². The molecule has 7 heteroatoms. The van der Waals surface area contributed by atoms with Gasteiger partial charge in [-0.3, -0.25) is 14.9 Å². The van der Waals surface area contributed by atoms with Gasteiger partial charge in [0.05, 0.1) is 24.0 Å². The summed E-state index contributed by atoms with van der Waals surface area (Å²) in [6, 6.07) is 16.4. The van der Waals surface area contributed by atoms with Crippen LogP contribution in [0.5, 0.6) is 0 Å². The lowest BCUT2D eigenvalue weighted by atomic mass is 10.1. The van der Waals surface area contributed by atoms with Crippen molar-refractivity contribution >= 4 is 22.5 Å². The molecule has 0 bridgehead atoms. The van der Waals surface area contributed by atoms with E-state index in [1.54, 1.807) is 18.6 Å². The van der Waals surface area contributed by atoms with Gasteiger partial charge >= 0.3 is 0 Å². The van der Waals surface area contributed by atoms with E-state index in [0.717, 1.165) is 36.7 Å². The van der Waals surface area contributed by atoms with E-state index in [-0.39, 0.29) is 6.10 Å². The van der Waals surface area contributed by atoms with Crippen molar-refractivity contribution < 1.29 is 4.74 Å². The summed E-state index contributed by atoms with van der Waals surface area (Å²) in [6.07, 6.45) is 6.73. The third-order valence-corrected chi connectivity index (χ3v) is 5.20. The molecule has 1 unspecified atom stereocenters. The zero-order valence-electron chi connectivity index (χ0n) is 16.5. The van der Waals surface area contributed by atoms with Crippen LogP contribution in [0, 0.1) is 0 Å². The summed E-state index contributed by atoms with van der Waals surface area (Å²) in [5.74, 6) is 1.40. The molecular formula is C23H22N6O. The van der Waals surface area contributed by atoms with Gasteiger partial charge in [0.1, 0.15) is 17.7 Å². The predicted molar refractivity (Wildman–Crippen MR) is 115 cm³/mol. The number of rotatable bonds is 5. The van der Waals surface area contributed by atoms with Gasteiger partial charge in [0, 0.05) is 43.6 Å². The molecule has 1 aromatic carbocycles. The Morgan fingerprint density at radius 1 is 0.967 bits per heavy atom. The summed E-state index contributed by atoms with van der Waals surface area (Å²) < 4.78 is 6.05. The topological polar surface area (TPSA) is 76.1 Å². The quantitative estimate of drug-likeness (QED) is 0.549. The Bertz CT molecular complexity index is 1130. The summed E-state index contributed by atoms with van der Waals surface area (Å²) in [5.41, 5.74) is 3.23. The Kier molecular flexibility index (Phi) is 5.28. The minimum atomic E-state index is -0.0736. The first-order valence-electron chi connectivity index (χ1n) is 10.0. The average molecular weight is 398 g/mol. The number of ether oxygens (including phenoxy) is 1. The molecule has 5 rings (SSSR count). The van der Waals surface area contributed by atoms with Gasteiger partial charge in [-0.25, -0.2) is 9.97 Å². The van der Waals surface area contributed by atoms with E-state index < -0.39 is 0 Å². The van der Waals surface area contributed by atoms with Crippen LogP contribution in [0.1, 0.15) is 17.4 Å². The number of hydrogen-bond acceptors (Lipinski definition) is 7. The molecule has 1 aliphatic rings. The number of nitrogens with zero attached hydrogens (tertiary/aromatic N) is 5. The summed E-state index contributed by atoms with van der Waals surface area (Å²) in [4.78, 5) is 19.9. The highest BCUT2D eigenvalue weighted by Crippen LogP contribution is 2.25. The number of aromatic nitrogens is 4. The molecule has 150 valence electrons. The first-order chi connectivity index (χ1) is 14.8. The number of morpholine rings is 1. The molecule has 4 heterocycles. The summed E-state index contributed by atoms with van der Waals surface area (Å²) >= 11 is 0. The minimum Gasteiger partial charge on any atom is -0.369 e. The largest absolute Gasteiger partial charge is 0.369 e. The predicted octanol–water partition coefficient (Wildman–Crippen LogP) is 3.74. The lowest BCUT2D eigenvalue weighted by Crippen LogP contribution is -2.38. The lowest BCUT2D eigenvalue weighted by molar-refractivity contribution is -0.0348. The summed E-state index contributed by atoms with van der Waals surface area (Å²) in [7, 11) is 0. The maximum Gasteiger partial charge on any atom is 0.150 e. The van der Waals surface area contributed by atoms with E-state index in [4.69, 9.17) is 9.72 Å². The molecule has 0 aliphatic carbocycles. The van der Waals surface area contributed by atoms with Crippen LogP contribution >= 0.6 is 0 Å². The second-order valence-corrected chi connectivity index (χ2v) is 7.25. The molecule has 3 aromatic heterocycles. The monoisotopic (exact) mass is 398 g/mol. The number of anilines is 2. The van der Waals surface area contributed by atoms with E-state index in [2.05, 4.69) is 49.4 Å². The molecule has 1 saturated heterocycles. The van der Waals surface area contributed by atoms with Crippen molar-refractivity contribution in [3.05, 3.63) is 84.6 Å². The van der Waals surface area contributed by atoms with Gasteiger partial charge in [0.15, 0.2) is 0 Å². The van der Waals surface area contributed by atoms with Crippen LogP contribution in [-0.2, 0) is 11.3 Å². The van der Waals surface area contributed by atoms with Gasteiger partial charge in [-0.15, -0.1) is 0 Å². The van der Waals surface area contributed by atoms with E-state index in [0.29, 0.717) is 12.4 Å². The van der Waals surface area contributed by atoms with Crippen molar-refractivity contribution in [2.24, 2.45) is 0 Å². The van der Waals surface area contributed by atoms with Gasteiger partial charge in [-0.2, -0.15) is 0 Å². The molecule has 1 atom stereocenters. The zero-order chi connectivity index (χ0) is 20.2. The maximum absolute atomic E-state index is 6.05. The van der Waals surface area contributed by atoms with Gasteiger partial charge in [0.25, 0.3) is 0 Å². The summed E-state index contributed by atoms with van der Waals surface area (Å²) in [5, 5.41) is 4.40. The molecule has 0 amide bonds. The fourth-order valence-corrected chi connectivity index (χ4v) is 3.77. The van der Waals surface area contributed by atoms with Crippen LogP contribution in [0.3, 0.4) is 0 Å². The third-order valence-electron chi connectivity index (χ3n) is 5.20. The molecule has 1 N–H and O–H groups in total. The van der Waals surface area contributed by atoms with Gasteiger partial charge < -0.3 is 10.1 Å². The zero-order valence-corrected chi connectivity index (χ0v) is 16.5. The van der Waals surface area contributed by atoms with Crippen LogP contribution in [0.4, 0.5) is 11.6 Å². The highest BCUT2D eigenvalue weighted by atomic mass is 16.5. The van der Waals surface area contributed by atoms with Crippen LogP contribution in [0.25, 0.3) is 10.9 Å². The highest BCUT2D eigenvalue weighted by Gasteiger charge is 2.23. The van der Waals surface area contributed by atoms with Crippen molar-refractivity contribution in [3.63, 3.8) is 0 Å². The van der Waals surface area contributed by atoms with Crippen LogP contribution in [-0.4, -0.2) is 44.5 Å². The van der Waals surface area contributed by atoms with Crippen LogP contribution in [0.15, 0.2) is 73.3 Å². The standard InChI is InChI=1S/C23H22N6O/c1-4-17(18-5-3-9-25-19(18)6-1)15-29-12-13-30-21(16-29)20-7-2-8-22(27-20)28-23-14-24-10-11-26-23/h1-11,14,21H,12-13,15-16H2,(H,26,27,28). The second-order valence-electron chi connectivity index (χ2n) is 7.25. The Hall–Kier alpha value is -3.42. The van der Waals surface area contributed by atoms with Gasteiger partial charge in [0.2, 0.25) is 0 Å². The Morgan fingerprint density at radius 2 is 1.93 bits per heavy atom. The SMILES string of the molecule is c1cc(Nc2cnccn2)nc(C2CN(Cc3cccc4ncccc34)CCO2)c1. The molecule has 0 saturated carbocycles. The molecule has 1 aliphatic heterocycles. The van der Waals surface area contributed by atoms with Crippen molar-refractivity contribution in [2.75, 3.05) is 25.0 Å². The fourth-order valence-electron chi connectivity index (χ4n) is 3.77. The van der Waals surface area contributed by atoms with Crippen molar-refractivity contribution in [1.29, 1.82) is 0 Å². The first kappa shape index (κ1) is 18.6. The maximum atomic E-state index is 6.05. The van der Waals surface area contributed by atoms with Crippen molar-refractivity contribution in [2.45, 2.75) is 12.6 Å². The number of hydrogen-bond donors (Lipinski definition) is 1. The molecular weight excluding hydrogens is 376 g/mol. The minimum absolute atomic E-state index is 0.0736. The average Bonchev–Trinajstić information content (AvgIpc) is 2.80. The Balaban J connectivity index is 1.31. The number of benzene rings is 1. The van der Waals surface area contributed by atoms with Gasteiger partial charge in [-0.05, 0) is 29.8 Å². The van der Waals surface area contributed by atoms with Gasteiger partial charge in [-0.1, -0.05) is 24.3 Å². The van der Waals surface area contributed by atoms with E-state index in [1.165, 1.54) is 10.9 Å². The first-order valence-corrected chi connectivity index (χ1v) is 10.0. The number of nitrogens with one attached hydrogen (secondary N) is 1. The molecule has 1 fully saturated rings.